The molecule has 0 radical (unpaired) electrons. The first-order valence-corrected chi connectivity index (χ1v) is 13.7. The van der Waals surface area contributed by atoms with Gasteiger partial charge in [-0.05, 0) is 25.7 Å². The van der Waals surface area contributed by atoms with Crippen LogP contribution in [0.5, 0.6) is 0 Å². The molecule has 0 saturated carbocycles. The highest BCUT2D eigenvalue weighted by Crippen LogP contribution is 2.24. The Morgan fingerprint density at radius 1 is 0.744 bits per heavy atom. The van der Waals surface area contributed by atoms with Gasteiger partial charge in [-0.25, -0.2) is 0 Å². The van der Waals surface area contributed by atoms with E-state index in [1.165, 1.54) is 12.5 Å². The predicted octanol–water partition coefficient (Wildman–Crippen LogP) is -0.537. The normalized spacial score (nSPS) is 14.6. The van der Waals surface area contributed by atoms with Gasteiger partial charge in [-0.2, -0.15) is 0 Å². The van der Waals surface area contributed by atoms with Crippen molar-refractivity contribution in [1.82, 2.24) is 0 Å². The number of unbranched alkanes of at least 4 members (excludes halogenated alkanes) is 1. The fourth-order valence-corrected chi connectivity index (χ4v) is 3.60. The van der Waals surface area contributed by atoms with Crippen LogP contribution in [0.15, 0.2) is 25.7 Å². The third-order valence-electron chi connectivity index (χ3n) is 6.01. The SMILES string of the molecule is C=COCOCCCCOCC(CC)(COCC(O)CCOCOC=C)COCC(O)C[NH+](CCO)CCO. The first kappa shape index (κ1) is 37.7. The molecule has 0 aliphatic carbocycles. The van der Waals surface area contributed by atoms with Gasteiger partial charge in [0, 0.05) is 12.0 Å². The van der Waals surface area contributed by atoms with Crippen molar-refractivity contribution in [3.8, 4) is 0 Å². The van der Waals surface area contributed by atoms with Crippen molar-refractivity contribution in [2.24, 2.45) is 5.41 Å². The summed E-state index contributed by atoms with van der Waals surface area (Å²) in [6.45, 7) is 13.1. The van der Waals surface area contributed by atoms with E-state index in [-0.39, 0.29) is 40.0 Å². The van der Waals surface area contributed by atoms with Gasteiger partial charge in [0.25, 0.3) is 0 Å². The molecule has 5 N–H and O–H groups in total. The molecule has 0 bridgehead atoms. The van der Waals surface area contributed by atoms with E-state index >= 15 is 0 Å². The standard InChI is InChI=1S/C27H53NO11/c1-4-27(20-35-14-7-8-15-36-23-33-5-2,21-38-18-25(31)9-16-37-24-34-6-3)22-39-19-26(32)17-28(10-12-29)11-13-30/h5-6,25-26,29-32H,2-4,7-24H2,1H3/p+1. The third-order valence-corrected chi connectivity index (χ3v) is 6.01. The average molecular weight is 569 g/mol. The number of hydrogen-bond acceptors (Lipinski definition) is 11. The number of aliphatic hydroxyl groups excluding tert-OH is 4. The monoisotopic (exact) mass is 568 g/mol. The van der Waals surface area contributed by atoms with Gasteiger partial charge in [-0.15, -0.1) is 0 Å². The summed E-state index contributed by atoms with van der Waals surface area (Å²) in [7, 11) is 0. The molecule has 0 aromatic heterocycles. The molecule has 0 spiro atoms. The lowest BCUT2D eigenvalue weighted by Crippen LogP contribution is -3.14. The van der Waals surface area contributed by atoms with Crippen molar-refractivity contribution in [2.45, 2.75) is 44.8 Å². The van der Waals surface area contributed by atoms with Gasteiger partial charge in [0.05, 0.1) is 78.1 Å². The number of hydrogen-bond donors (Lipinski definition) is 5. The van der Waals surface area contributed by atoms with Gasteiger partial charge < -0.3 is 58.5 Å². The largest absolute Gasteiger partial charge is 0.476 e. The second-order valence-electron chi connectivity index (χ2n) is 9.36. The number of ether oxygens (including phenoxy) is 7. The number of nitrogens with one attached hydrogen (secondary N) is 1. The highest BCUT2D eigenvalue weighted by molar-refractivity contribution is 4.78. The molecule has 39 heavy (non-hydrogen) atoms. The molecule has 12 heteroatoms. The molecule has 0 aliphatic heterocycles. The van der Waals surface area contributed by atoms with Crippen LogP contribution in [-0.2, 0) is 33.2 Å². The molecule has 0 amide bonds. The van der Waals surface area contributed by atoms with E-state index in [0.29, 0.717) is 72.1 Å². The van der Waals surface area contributed by atoms with Gasteiger partial charge >= 0.3 is 0 Å². The quantitative estimate of drug-likeness (QED) is 0.0417. The van der Waals surface area contributed by atoms with Crippen LogP contribution in [-0.4, -0.2) is 132 Å². The molecule has 0 aromatic rings. The lowest BCUT2D eigenvalue weighted by Gasteiger charge is -2.33. The molecule has 0 heterocycles. The number of aliphatic hydroxyl groups is 4. The third kappa shape index (κ3) is 22.1. The van der Waals surface area contributed by atoms with Crippen LogP contribution in [0.3, 0.4) is 0 Å². The van der Waals surface area contributed by atoms with Crippen LogP contribution >= 0.6 is 0 Å². The first-order valence-electron chi connectivity index (χ1n) is 13.7. The van der Waals surface area contributed by atoms with Gasteiger partial charge in [-0.3, -0.25) is 0 Å². The average Bonchev–Trinajstić information content (AvgIpc) is 2.92. The van der Waals surface area contributed by atoms with E-state index in [0.717, 1.165) is 17.7 Å². The minimum atomic E-state index is -0.744. The summed E-state index contributed by atoms with van der Waals surface area (Å²) in [4.78, 5) is 0.901. The molecule has 0 aliphatic rings. The Morgan fingerprint density at radius 3 is 1.79 bits per heavy atom. The van der Waals surface area contributed by atoms with E-state index in [4.69, 9.17) is 33.2 Å². The minimum Gasteiger partial charge on any atom is -0.476 e. The Balaban J connectivity index is 4.70. The van der Waals surface area contributed by atoms with E-state index in [9.17, 15) is 20.4 Å². The Morgan fingerprint density at radius 2 is 1.26 bits per heavy atom. The van der Waals surface area contributed by atoms with Crippen molar-refractivity contribution in [3.05, 3.63) is 25.7 Å². The minimum absolute atomic E-state index is 0.0220. The molecule has 3 unspecified atom stereocenters. The lowest BCUT2D eigenvalue weighted by molar-refractivity contribution is -0.904. The predicted molar refractivity (Wildman–Crippen MR) is 145 cm³/mol. The zero-order chi connectivity index (χ0) is 29.0. The highest BCUT2D eigenvalue weighted by atomic mass is 16.7. The summed E-state index contributed by atoms with van der Waals surface area (Å²) in [5.41, 5.74) is -0.467. The van der Waals surface area contributed by atoms with Crippen molar-refractivity contribution in [1.29, 1.82) is 0 Å². The maximum Gasteiger partial charge on any atom is 0.188 e. The van der Waals surface area contributed by atoms with E-state index < -0.39 is 17.6 Å². The molecule has 12 nitrogen and oxygen atoms in total. The zero-order valence-corrected chi connectivity index (χ0v) is 23.8. The van der Waals surface area contributed by atoms with Gasteiger partial charge in [0.15, 0.2) is 13.6 Å². The number of rotatable bonds is 31. The topological polar surface area (TPSA) is 150 Å². The molecule has 0 fully saturated rings. The van der Waals surface area contributed by atoms with E-state index in [2.05, 4.69) is 13.2 Å². The summed E-state index contributed by atoms with van der Waals surface area (Å²) < 4.78 is 38.1. The van der Waals surface area contributed by atoms with Crippen LogP contribution in [0, 0.1) is 5.41 Å². The molecule has 3 atom stereocenters. The van der Waals surface area contributed by atoms with Gasteiger partial charge in [0.1, 0.15) is 25.7 Å². The Hall–Kier alpha value is -1.32. The Bertz CT molecular complexity index is 552. The maximum absolute atomic E-state index is 10.4. The fourth-order valence-electron chi connectivity index (χ4n) is 3.60. The van der Waals surface area contributed by atoms with Crippen molar-refractivity contribution in [3.63, 3.8) is 0 Å². The zero-order valence-electron chi connectivity index (χ0n) is 23.8. The summed E-state index contributed by atoms with van der Waals surface area (Å²) in [5.74, 6) is 0. The summed E-state index contributed by atoms with van der Waals surface area (Å²) in [6.07, 6.45) is 3.94. The fraction of sp³-hybridized carbons (Fsp3) is 0.852. The smallest absolute Gasteiger partial charge is 0.188 e. The summed E-state index contributed by atoms with van der Waals surface area (Å²) >= 11 is 0. The molecule has 0 rings (SSSR count). The Kier molecular flexibility index (Phi) is 26.0. The first-order chi connectivity index (χ1) is 19.0. The van der Waals surface area contributed by atoms with Crippen molar-refractivity contribution in [2.75, 3.05) is 99.3 Å². The second kappa shape index (κ2) is 26.9. The molecular weight excluding hydrogens is 514 g/mol. The van der Waals surface area contributed by atoms with Crippen LogP contribution in [0.25, 0.3) is 0 Å². The summed E-state index contributed by atoms with van der Waals surface area (Å²) in [5, 5.41) is 39.0. The Labute approximate surface area is 234 Å². The number of quaternary nitrogens is 1. The van der Waals surface area contributed by atoms with Crippen molar-refractivity contribution >= 4 is 0 Å². The van der Waals surface area contributed by atoms with Crippen LogP contribution in [0.2, 0.25) is 0 Å². The molecule has 0 saturated heterocycles. The van der Waals surface area contributed by atoms with Crippen molar-refractivity contribution < 1.29 is 58.5 Å². The lowest BCUT2D eigenvalue weighted by atomic mass is 9.88. The van der Waals surface area contributed by atoms with Crippen LogP contribution < -0.4 is 4.90 Å². The van der Waals surface area contributed by atoms with Crippen LogP contribution in [0.1, 0.15) is 32.6 Å². The maximum atomic E-state index is 10.4. The highest BCUT2D eigenvalue weighted by Gasteiger charge is 2.31. The summed E-state index contributed by atoms with van der Waals surface area (Å²) in [6, 6.07) is 0. The van der Waals surface area contributed by atoms with Crippen LogP contribution in [0.4, 0.5) is 0 Å². The van der Waals surface area contributed by atoms with E-state index in [1.807, 2.05) is 6.92 Å². The second-order valence-corrected chi connectivity index (χ2v) is 9.36. The molecule has 232 valence electrons. The van der Waals surface area contributed by atoms with Gasteiger partial charge in [-0.1, -0.05) is 20.1 Å². The van der Waals surface area contributed by atoms with E-state index in [1.54, 1.807) is 0 Å². The molecule has 0 aromatic carbocycles. The molecular formula is C27H54NO11+. The van der Waals surface area contributed by atoms with Gasteiger partial charge in [0.2, 0.25) is 0 Å².